The number of aliphatic hydroxyl groups is 1. The Bertz CT molecular complexity index is 416. The van der Waals surface area contributed by atoms with Gasteiger partial charge < -0.3 is 20.6 Å². The van der Waals surface area contributed by atoms with E-state index in [1.54, 1.807) is 0 Å². The van der Waals surface area contributed by atoms with Gasteiger partial charge in [-0.15, -0.1) is 0 Å². The maximum atomic E-state index is 11.4. The summed E-state index contributed by atoms with van der Waals surface area (Å²) in [7, 11) is 0. The molecule has 1 aliphatic rings. The molecule has 3 N–H and O–H groups in total. The monoisotopic (exact) mass is 278 g/mol. The van der Waals surface area contributed by atoms with E-state index in [9.17, 15) is 4.79 Å². The van der Waals surface area contributed by atoms with Gasteiger partial charge in [-0.1, -0.05) is 6.07 Å². The molecule has 2 heterocycles. The number of hydrogen-bond acceptors (Lipinski definition) is 4. The van der Waals surface area contributed by atoms with E-state index in [0.717, 1.165) is 24.5 Å². The van der Waals surface area contributed by atoms with Gasteiger partial charge in [0.2, 0.25) is 0 Å². The molecule has 0 spiro atoms. The number of carbonyl (C=O) groups excluding carboxylic acids is 1. The smallest absolute Gasteiger partial charge is 0.315 e. The van der Waals surface area contributed by atoms with Crippen LogP contribution in [0, 0.1) is 0 Å². The number of aromatic nitrogens is 1. The van der Waals surface area contributed by atoms with Crippen molar-refractivity contribution in [1.82, 2.24) is 15.6 Å². The van der Waals surface area contributed by atoms with Crippen LogP contribution >= 0.6 is 0 Å². The molecule has 0 aliphatic carbocycles. The van der Waals surface area contributed by atoms with Gasteiger partial charge in [0.25, 0.3) is 0 Å². The van der Waals surface area contributed by atoms with E-state index < -0.39 is 0 Å². The van der Waals surface area contributed by atoms with Crippen LogP contribution in [0.4, 0.5) is 10.6 Å². The minimum atomic E-state index is -0.220. The second kappa shape index (κ2) is 7.69. The molecule has 0 unspecified atom stereocenters. The zero-order valence-electron chi connectivity index (χ0n) is 11.6. The first kappa shape index (κ1) is 14.6. The fourth-order valence-electron chi connectivity index (χ4n) is 2.18. The summed E-state index contributed by atoms with van der Waals surface area (Å²) < 4.78 is 0. The van der Waals surface area contributed by atoms with Crippen molar-refractivity contribution in [3.05, 3.63) is 23.9 Å². The highest BCUT2D eigenvalue weighted by Gasteiger charge is 2.12. The van der Waals surface area contributed by atoms with Crippen molar-refractivity contribution < 1.29 is 9.90 Å². The zero-order chi connectivity index (χ0) is 14.2. The number of aliphatic hydroxyl groups excluding tert-OH is 1. The summed E-state index contributed by atoms with van der Waals surface area (Å²) in [6.07, 6.45) is 4.85. The lowest BCUT2D eigenvalue weighted by Crippen LogP contribution is -2.35. The van der Waals surface area contributed by atoms with E-state index in [1.165, 1.54) is 12.8 Å². The van der Waals surface area contributed by atoms with E-state index in [-0.39, 0.29) is 12.6 Å². The van der Waals surface area contributed by atoms with Gasteiger partial charge in [0.05, 0.1) is 0 Å². The highest BCUT2D eigenvalue weighted by atomic mass is 16.3. The summed E-state index contributed by atoms with van der Waals surface area (Å²) in [5, 5.41) is 14.1. The molecule has 2 rings (SSSR count). The number of amides is 2. The molecule has 0 bridgehead atoms. The second-order valence-corrected chi connectivity index (χ2v) is 4.91. The van der Waals surface area contributed by atoms with Gasteiger partial charge >= 0.3 is 6.03 Å². The lowest BCUT2D eigenvalue weighted by atomic mass is 10.3. The summed E-state index contributed by atoms with van der Waals surface area (Å²) in [5.41, 5.74) is 0.977. The van der Waals surface area contributed by atoms with Crippen molar-refractivity contribution in [2.45, 2.75) is 25.8 Å². The van der Waals surface area contributed by atoms with Crippen molar-refractivity contribution in [1.29, 1.82) is 0 Å². The van der Waals surface area contributed by atoms with Gasteiger partial charge in [-0.05, 0) is 30.9 Å². The number of nitrogens with zero attached hydrogens (tertiary/aromatic N) is 2. The number of hydrogen-bond donors (Lipinski definition) is 3. The molecule has 6 heteroatoms. The summed E-state index contributed by atoms with van der Waals surface area (Å²) in [6, 6.07) is 3.78. The molecule has 1 fully saturated rings. The first-order valence-electron chi connectivity index (χ1n) is 7.12. The molecule has 2 amide bonds. The first-order valence-corrected chi connectivity index (χ1v) is 7.12. The molecule has 20 heavy (non-hydrogen) atoms. The molecule has 0 atom stereocenters. The van der Waals surface area contributed by atoms with Gasteiger partial charge in [0, 0.05) is 39.0 Å². The van der Waals surface area contributed by atoms with Crippen LogP contribution in [-0.4, -0.2) is 42.4 Å². The molecular formula is C14H22N4O2. The molecule has 1 aromatic rings. The Morgan fingerprint density at radius 3 is 2.75 bits per heavy atom. The molecule has 0 radical (unpaired) electrons. The van der Waals surface area contributed by atoms with E-state index in [1.807, 2.05) is 18.3 Å². The average molecular weight is 278 g/mol. The van der Waals surface area contributed by atoms with Crippen LogP contribution in [0.2, 0.25) is 0 Å². The van der Waals surface area contributed by atoms with Gasteiger partial charge in [0.15, 0.2) is 0 Å². The molecule has 6 nitrogen and oxygen atoms in total. The lowest BCUT2D eigenvalue weighted by Gasteiger charge is -2.16. The van der Waals surface area contributed by atoms with Crippen LogP contribution in [0.5, 0.6) is 0 Å². The minimum Gasteiger partial charge on any atom is -0.396 e. The van der Waals surface area contributed by atoms with Gasteiger partial charge in [-0.2, -0.15) is 0 Å². The SMILES string of the molecule is O=C(NCCCO)NCc1ccc(N2CCCC2)nc1. The van der Waals surface area contributed by atoms with E-state index in [4.69, 9.17) is 5.11 Å². The molecule has 0 saturated carbocycles. The standard InChI is InChI=1S/C14H22N4O2/c19-9-3-6-15-14(20)17-11-12-4-5-13(16-10-12)18-7-1-2-8-18/h4-5,10,19H,1-3,6-9,11H2,(H2,15,17,20). The Labute approximate surface area is 119 Å². The van der Waals surface area contributed by atoms with Gasteiger partial charge in [-0.3, -0.25) is 0 Å². The van der Waals surface area contributed by atoms with Crippen molar-refractivity contribution >= 4 is 11.8 Å². The Morgan fingerprint density at radius 2 is 2.10 bits per heavy atom. The molecule has 1 saturated heterocycles. The topological polar surface area (TPSA) is 77.5 Å². The molecule has 1 aliphatic heterocycles. The summed E-state index contributed by atoms with van der Waals surface area (Å²) in [5.74, 6) is 1.01. The second-order valence-electron chi connectivity index (χ2n) is 4.91. The maximum absolute atomic E-state index is 11.4. The van der Waals surface area contributed by atoms with Crippen LogP contribution < -0.4 is 15.5 Å². The minimum absolute atomic E-state index is 0.0855. The van der Waals surface area contributed by atoms with E-state index >= 15 is 0 Å². The highest BCUT2D eigenvalue weighted by molar-refractivity contribution is 5.73. The Kier molecular flexibility index (Phi) is 5.61. The number of nitrogens with one attached hydrogen (secondary N) is 2. The Hall–Kier alpha value is -1.82. The lowest BCUT2D eigenvalue weighted by molar-refractivity contribution is 0.237. The number of anilines is 1. The van der Waals surface area contributed by atoms with Crippen molar-refractivity contribution in [3.8, 4) is 0 Å². The molecule has 0 aromatic carbocycles. The third-order valence-corrected chi connectivity index (χ3v) is 3.31. The number of pyridine rings is 1. The molecular weight excluding hydrogens is 256 g/mol. The zero-order valence-corrected chi connectivity index (χ0v) is 11.6. The maximum Gasteiger partial charge on any atom is 0.315 e. The Balaban J connectivity index is 1.74. The van der Waals surface area contributed by atoms with Crippen LogP contribution in [0.3, 0.4) is 0 Å². The summed E-state index contributed by atoms with van der Waals surface area (Å²) >= 11 is 0. The van der Waals surface area contributed by atoms with Crippen LogP contribution in [-0.2, 0) is 6.54 Å². The van der Waals surface area contributed by atoms with E-state index in [2.05, 4.69) is 20.5 Å². The molecule has 1 aromatic heterocycles. The fourth-order valence-corrected chi connectivity index (χ4v) is 2.18. The highest BCUT2D eigenvalue weighted by Crippen LogP contribution is 2.17. The van der Waals surface area contributed by atoms with E-state index in [0.29, 0.717) is 19.5 Å². The van der Waals surface area contributed by atoms with Crippen molar-refractivity contribution in [3.63, 3.8) is 0 Å². The Morgan fingerprint density at radius 1 is 1.30 bits per heavy atom. The van der Waals surface area contributed by atoms with Crippen molar-refractivity contribution in [2.24, 2.45) is 0 Å². The summed E-state index contributed by atoms with van der Waals surface area (Å²) in [6.45, 7) is 3.19. The number of urea groups is 1. The van der Waals surface area contributed by atoms with Gasteiger partial charge in [0.1, 0.15) is 5.82 Å². The quantitative estimate of drug-likeness (QED) is 0.675. The van der Waals surface area contributed by atoms with Crippen LogP contribution in [0.15, 0.2) is 18.3 Å². The molecule has 110 valence electrons. The van der Waals surface area contributed by atoms with Crippen molar-refractivity contribution in [2.75, 3.05) is 31.1 Å². The number of rotatable bonds is 6. The van der Waals surface area contributed by atoms with Gasteiger partial charge in [-0.25, -0.2) is 9.78 Å². The third-order valence-electron chi connectivity index (χ3n) is 3.31. The number of carbonyl (C=O) groups is 1. The predicted octanol–water partition coefficient (Wildman–Crippen LogP) is 0.863. The average Bonchev–Trinajstić information content (AvgIpc) is 3.00. The largest absolute Gasteiger partial charge is 0.396 e. The van der Waals surface area contributed by atoms with Crippen LogP contribution in [0.1, 0.15) is 24.8 Å². The predicted molar refractivity (Wildman–Crippen MR) is 77.6 cm³/mol. The first-order chi connectivity index (χ1) is 9.79. The van der Waals surface area contributed by atoms with Crippen LogP contribution in [0.25, 0.3) is 0 Å². The fraction of sp³-hybridized carbons (Fsp3) is 0.571. The summed E-state index contributed by atoms with van der Waals surface area (Å²) in [4.78, 5) is 18.1. The normalized spacial score (nSPS) is 14.3. The third kappa shape index (κ3) is 4.38.